The van der Waals surface area contributed by atoms with Gasteiger partial charge >= 0.3 is 0 Å². The van der Waals surface area contributed by atoms with E-state index in [1.807, 2.05) is 54.6 Å². The lowest BCUT2D eigenvalue weighted by atomic mass is 9.88. The Bertz CT molecular complexity index is 1250. The standard InChI is InChI=1S/C26H16Cl2O2/c27-25(29)18-14-15-23(24(16-18)26(28)30)22-13-7-6-12-21(22)20-11-5-4-10-19(20)17-8-2-1-3-9-17/h1-16H. The number of halogens is 2. The topological polar surface area (TPSA) is 34.1 Å². The molecule has 0 unspecified atom stereocenters. The van der Waals surface area contributed by atoms with Crippen molar-refractivity contribution in [3.8, 4) is 33.4 Å². The number of hydrogen-bond acceptors (Lipinski definition) is 2. The number of hydrogen-bond donors (Lipinski definition) is 0. The van der Waals surface area contributed by atoms with E-state index in [2.05, 4.69) is 24.3 Å². The highest BCUT2D eigenvalue weighted by Crippen LogP contribution is 2.39. The second-order valence-electron chi connectivity index (χ2n) is 6.76. The molecule has 146 valence electrons. The summed E-state index contributed by atoms with van der Waals surface area (Å²) in [4.78, 5) is 23.7. The summed E-state index contributed by atoms with van der Waals surface area (Å²) >= 11 is 11.5. The maximum absolute atomic E-state index is 12.2. The Labute approximate surface area is 184 Å². The van der Waals surface area contributed by atoms with Crippen LogP contribution < -0.4 is 0 Å². The SMILES string of the molecule is O=C(Cl)c1ccc(-c2ccccc2-c2ccccc2-c2ccccc2)c(C(=O)Cl)c1. The first kappa shape index (κ1) is 20.1. The summed E-state index contributed by atoms with van der Waals surface area (Å²) in [6.07, 6.45) is 0. The van der Waals surface area contributed by atoms with E-state index in [-0.39, 0.29) is 11.1 Å². The van der Waals surface area contributed by atoms with Gasteiger partial charge in [0.05, 0.1) is 0 Å². The van der Waals surface area contributed by atoms with Crippen LogP contribution in [-0.4, -0.2) is 10.5 Å². The van der Waals surface area contributed by atoms with Crippen molar-refractivity contribution in [3.05, 3.63) is 108 Å². The monoisotopic (exact) mass is 430 g/mol. The zero-order chi connectivity index (χ0) is 21.1. The van der Waals surface area contributed by atoms with Gasteiger partial charge in [-0.15, -0.1) is 0 Å². The molecule has 0 aliphatic rings. The minimum Gasteiger partial charge on any atom is -0.276 e. The summed E-state index contributed by atoms with van der Waals surface area (Å²) in [7, 11) is 0. The van der Waals surface area contributed by atoms with Crippen LogP contribution in [0.3, 0.4) is 0 Å². The maximum atomic E-state index is 12.2. The van der Waals surface area contributed by atoms with Gasteiger partial charge in [-0.1, -0.05) is 84.9 Å². The van der Waals surface area contributed by atoms with Gasteiger partial charge in [0.2, 0.25) is 0 Å². The van der Waals surface area contributed by atoms with Gasteiger partial charge in [0.1, 0.15) is 0 Å². The van der Waals surface area contributed by atoms with Crippen molar-refractivity contribution in [1.29, 1.82) is 0 Å². The Balaban J connectivity index is 1.96. The first-order chi connectivity index (χ1) is 14.6. The molecule has 4 rings (SSSR count). The fraction of sp³-hybridized carbons (Fsp3) is 0. The number of carbonyl (C=O) groups excluding carboxylic acids is 2. The Kier molecular flexibility index (Phi) is 5.80. The van der Waals surface area contributed by atoms with Crippen LogP contribution in [0, 0.1) is 0 Å². The van der Waals surface area contributed by atoms with E-state index in [1.165, 1.54) is 6.07 Å². The molecule has 2 nitrogen and oxygen atoms in total. The van der Waals surface area contributed by atoms with E-state index >= 15 is 0 Å². The molecule has 30 heavy (non-hydrogen) atoms. The van der Waals surface area contributed by atoms with Gasteiger partial charge in [-0.25, -0.2) is 0 Å². The van der Waals surface area contributed by atoms with Gasteiger partial charge < -0.3 is 0 Å². The van der Waals surface area contributed by atoms with Crippen LogP contribution in [0.5, 0.6) is 0 Å². The summed E-state index contributed by atoms with van der Waals surface area (Å²) in [5.41, 5.74) is 6.13. The molecule has 0 aromatic heterocycles. The maximum Gasteiger partial charge on any atom is 0.253 e. The van der Waals surface area contributed by atoms with Gasteiger partial charge in [-0.05, 0) is 68.7 Å². The fourth-order valence-electron chi connectivity index (χ4n) is 3.60. The Morgan fingerprint density at radius 2 is 1.00 bits per heavy atom. The van der Waals surface area contributed by atoms with Gasteiger partial charge in [0.15, 0.2) is 0 Å². The predicted molar refractivity (Wildman–Crippen MR) is 123 cm³/mol. The minimum absolute atomic E-state index is 0.228. The van der Waals surface area contributed by atoms with Crippen LogP contribution in [0.25, 0.3) is 33.4 Å². The predicted octanol–water partition coefficient (Wildman–Crippen LogP) is 7.45. The van der Waals surface area contributed by atoms with E-state index in [1.54, 1.807) is 12.1 Å². The summed E-state index contributed by atoms with van der Waals surface area (Å²) in [5.74, 6) is 0. The van der Waals surface area contributed by atoms with Gasteiger partial charge in [0.25, 0.3) is 10.5 Å². The lowest BCUT2D eigenvalue weighted by Gasteiger charge is -2.16. The first-order valence-corrected chi connectivity index (χ1v) is 10.1. The summed E-state index contributed by atoms with van der Waals surface area (Å²) < 4.78 is 0. The normalized spacial score (nSPS) is 10.6. The third-order valence-corrected chi connectivity index (χ3v) is 5.40. The van der Waals surface area contributed by atoms with Crippen LogP contribution in [0.4, 0.5) is 0 Å². The minimum atomic E-state index is -0.643. The van der Waals surface area contributed by atoms with Crippen molar-refractivity contribution >= 4 is 33.7 Å². The van der Waals surface area contributed by atoms with Crippen LogP contribution in [0.1, 0.15) is 20.7 Å². The van der Waals surface area contributed by atoms with Crippen LogP contribution in [-0.2, 0) is 0 Å². The molecule has 4 aromatic carbocycles. The number of benzene rings is 4. The lowest BCUT2D eigenvalue weighted by molar-refractivity contribution is 0.108. The van der Waals surface area contributed by atoms with E-state index in [4.69, 9.17) is 23.2 Å². The Morgan fingerprint density at radius 1 is 0.500 bits per heavy atom. The highest BCUT2D eigenvalue weighted by Gasteiger charge is 2.18. The fourth-order valence-corrected chi connectivity index (χ4v) is 3.88. The number of rotatable bonds is 5. The summed E-state index contributed by atoms with van der Waals surface area (Å²) in [6, 6.07) is 30.8. The molecule has 0 fully saturated rings. The molecular weight excluding hydrogens is 415 g/mol. The lowest BCUT2D eigenvalue weighted by Crippen LogP contribution is -1.99. The third-order valence-electron chi connectivity index (χ3n) is 4.98. The molecule has 0 atom stereocenters. The van der Waals surface area contributed by atoms with Crippen molar-refractivity contribution in [1.82, 2.24) is 0 Å². The molecule has 0 aliphatic carbocycles. The van der Waals surface area contributed by atoms with Crippen molar-refractivity contribution in [3.63, 3.8) is 0 Å². The second kappa shape index (κ2) is 8.66. The second-order valence-corrected chi connectivity index (χ2v) is 7.45. The molecule has 0 saturated carbocycles. The molecule has 0 N–H and O–H groups in total. The van der Waals surface area contributed by atoms with E-state index < -0.39 is 10.5 Å². The summed E-state index contributed by atoms with van der Waals surface area (Å²) in [6.45, 7) is 0. The zero-order valence-corrected chi connectivity index (χ0v) is 17.3. The largest absolute Gasteiger partial charge is 0.276 e. The van der Waals surface area contributed by atoms with E-state index in [9.17, 15) is 9.59 Å². The highest BCUT2D eigenvalue weighted by atomic mass is 35.5. The van der Waals surface area contributed by atoms with E-state index in [0.29, 0.717) is 5.56 Å². The zero-order valence-electron chi connectivity index (χ0n) is 15.8. The highest BCUT2D eigenvalue weighted by molar-refractivity contribution is 6.69. The average molecular weight is 431 g/mol. The molecule has 0 amide bonds. The van der Waals surface area contributed by atoms with Gasteiger partial charge in [0, 0.05) is 11.1 Å². The molecule has 4 aromatic rings. The molecule has 0 aliphatic heterocycles. The molecular formula is C26H16Cl2O2. The summed E-state index contributed by atoms with van der Waals surface area (Å²) in [5, 5.41) is -1.28. The molecule has 0 heterocycles. The quantitative estimate of drug-likeness (QED) is 0.308. The molecule has 0 radical (unpaired) electrons. The molecule has 0 bridgehead atoms. The van der Waals surface area contributed by atoms with Crippen LogP contribution >= 0.6 is 23.2 Å². The third kappa shape index (κ3) is 3.93. The smallest absolute Gasteiger partial charge is 0.253 e. The van der Waals surface area contributed by atoms with Crippen LogP contribution in [0.2, 0.25) is 0 Å². The van der Waals surface area contributed by atoms with Crippen molar-refractivity contribution in [2.75, 3.05) is 0 Å². The molecule has 4 heteroatoms. The van der Waals surface area contributed by atoms with E-state index in [0.717, 1.165) is 27.8 Å². The van der Waals surface area contributed by atoms with Crippen LogP contribution in [0.15, 0.2) is 97.1 Å². The average Bonchev–Trinajstić information content (AvgIpc) is 2.79. The van der Waals surface area contributed by atoms with Crippen molar-refractivity contribution in [2.24, 2.45) is 0 Å². The van der Waals surface area contributed by atoms with Crippen molar-refractivity contribution < 1.29 is 9.59 Å². The van der Waals surface area contributed by atoms with Gasteiger partial charge in [-0.3, -0.25) is 9.59 Å². The first-order valence-electron chi connectivity index (χ1n) is 9.34. The Morgan fingerprint density at radius 3 is 1.57 bits per heavy atom. The Hall–Kier alpha value is -3.20. The van der Waals surface area contributed by atoms with Gasteiger partial charge in [-0.2, -0.15) is 0 Å². The molecule has 0 saturated heterocycles. The molecule has 0 spiro atoms. The van der Waals surface area contributed by atoms with Crippen molar-refractivity contribution in [2.45, 2.75) is 0 Å². The number of carbonyl (C=O) groups is 2.